The molecule has 0 fully saturated rings. The average molecular weight is 270 g/mol. The molecule has 110 valence electrons. The van der Waals surface area contributed by atoms with E-state index in [4.69, 9.17) is 0 Å². The Hall–Kier alpha value is -0.780. The molecule has 1 aromatic rings. The lowest BCUT2D eigenvalue weighted by molar-refractivity contribution is 0.395. The van der Waals surface area contributed by atoms with Crippen LogP contribution in [-0.4, -0.2) is 0 Å². The fourth-order valence-electron chi connectivity index (χ4n) is 5.43. The Labute approximate surface area is 125 Å². The van der Waals surface area contributed by atoms with Crippen molar-refractivity contribution in [3.05, 3.63) is 34.4 Å². The fourth-order valence-corrected chi connectivity index (χ4v) is 5.43. The van der Waals surface area contributed by atoms with E-state index in [9.17, 15) is 0 Å². The van der Waals surface area contributed by atoms with Crippen LogP contribution in [0.3, 0.4) is 0 Å². The Morgan fingerprint density at radius 3 is 0.900 bits per heavy atom. The largest absolute Gasteiger partial charge is 0.0558 e. The Bertz CT molecular complexity index is 482. The van der Waals surface area contributed by atoms with Crippen LogP contribution in [0, 0.1) is 0 Å². The summed E-state index contributed by atoms with van der Waals surface area (Å²) in [6, 6.07) is 5.13. The Balaban J connectivity index is 2.32. The summed E-state index contributed by atoms with van der Waals surface area (Å²) >= 11 is 0. The van der Waals surface area contributed by atoms with Crippen LogP contribution >= 0.6 is 0 Å². The first-order valence-electron chi connectivity index (χ1n) is 8.07. The van der Waals surface area contributed by atoms with Crippen molar-refractivity contribution in [1.82, 2.24) is 0 Å². The maximum Gasteiger partial charge on any atom is -0.00922 e. The Morgan fingerprint density at radius 1 is 0.500 bits per heavy atom. The lowest BCUT2D eigenvalue weighted by atomic mass is 9.80. The third-order valence-corrected chi connectivity index (χ3v) is 5.84. The zero-order chi connectivity index (χ0) is 15.1. The van der Waals surface area contributed by atoms with Gasteiger partial charge < -0.3 is 0 Å². The van der Waals surface area contributed by atoms with Crippen molar-refractivity contribution >= 4 is 0 Å². The van der Waals surface area contributed by atoms with Crippen molar-refractivity contribution in [2.75, 3.05) is 0 Å². The maximum atomic E-state index is 2.56. The maximum absolute atomic E-state index is 2.56. The van der Waals surface area contributed by atoms with Crippen molar-refractivity contribution in [2.24, 2.45) is 0 Å². The molecule has 0 radical (unpaired) electrons. The highest BCUT2D eigenvalue weighted by Crippen LogP contribution is 2.56. The molecule has 0 saturated carbocycles. The van der Waals surface area contributed by atoms with Gasteiger partial charge in [-0.3, -0.25) is 0 Å². The smallest absolute Gasteiger partial charge is 0.00922 e. The van der Waals surface area contributed by atoms with Gasteiger partial charge in [-0.25, -0.2) is 0 Å². The van der Waals surface area contributed by atoms with Gasteiger partial charge in [0.1, 0.15) is 0 Å². The lowest BCUT2D eigenvalue weighted by Crippen LogP contribution is -2.19. The van der Waals surface area contributed by atoms with Crippen LogP contribution in [0.25, 0.3) is 0 Å². The molecule has 0 bridgehead atoms. The molecule has 0 amide bonds. The second kappa shape index (κ2) is 3.51. The molecular weight excluding hydrogens is 240 g/mol. The van der Waals surface area contributed by atoms with Gasteiger partial charge in [-0.05, 0) is 56.8 Å². The van der Waals surface area contributed by atoms with Crippen molar-refractivity contribution in [2.45, 2.75) is 89.9 Å². The molecule has 0 atom stereocenters. The van der Waals surface area contributed by atoms with E-state index in [1.807, 2.05) is 0 Å². The predicted octanol–water partition coefficient (Wildman–Crippen LogP) is 5.60. The van der Waals surface area contributed by atoms with Crippen LogP contribution in [-0.2, 0) is 21.7 Å². The third kappa shape index (κ3) is 1.73. The standard InChI is InChI=1S/C20H30/c1-17(2)11-18(3,4)14-10-16-15(9-13(14)17)19(5,6)12-20(16,7)8/h9-10H,11-12H2,1-8H3. The van der Waals surface area contributed by atoms with Crippen molar-refractivity contribution < 1.29 is 0 Å². The molecular formula is C20H30. The molecule has 1 aromatic carbocycles. The van der Waals surface area contributed by atoms with Gasteiger partial charge in [0.2, 0.25) is 0 Å². The molecule has 20 heavy (non-hydrogen) atoms. The molecule has 0 heterocycles. The summed E-state index contributed by atoms with van der Waals surface area (Å²) in [6.45, 7) is 19.3. The van der Waals surface area contributed by atoms with Crippen molar-refractivity contribution in [3.63, 3.8) is 0 Å². The van der Waals surface area contributed by atoms with Gasteiger partial charge in [-0.1, -0.05) is 67.5 Å². The van der Waals surface area contributed by atoms with Crippen molar-refractivity contribution in [1.29, 1.82) is 0 Å². The molecule has 0 unspecified atom stereocenters. The highest BCUT2D eigenvalue weighted by molar-refractivity contribution is 5.55. The first kappa shape index (κ1) is 14.2. The number of hydrogen-bond donors (Lipinski definition) is 0. The number of hydrogen-bond acceptors (Lipinski definition) is 0. The third-order valence-electron chi connectivity index (χ3n) is 5.84. The van der Waals surface area contributed by atoms with Gasteiger partial charge in [-0.15, -0.1) is 0 Å². The van der Waals surface area contributed by atoms with Crippen molar-refractivity contribution in [3.8, 4) is 0 Å². The molecule has 0 N–H and O–H groups in total. The molecule has 0 aliphatic heterocycles. The minimum atomic E-state index is 0.316. The zero-order valence-electron chi connectivity index (χ0n) is 14.6. The van der Waals surface area contributed by atoms with Gasteiger partial charge in [0.05, 0.1) is 0 Å². The average Bonchev–Trinajstić information content (AvgIpc) is 2.52. The van der Waals surface area contributed by atoms with E-state index in [2.05, 4.69) is 67.5 Å². The molecule has 2 aliphatic rings. The highest BCUT2D eigenvalue weighted by atomic mass is 14.5. The van der Waals surface area contributed by atoms with Crippen LogP contribution < -0.4 is 0 Å². The predicted molar refractivity (Wildman–Crippen MR) is 87.8 cm³/mol. The Kier molecular flexibility index (Phi) is 2.49. The second-order valence-electron chi connectivity index (χ2n) is 9.83. The summed E-state index contributed by atoms with van der Waals surface area (Å²) in [5, 5.41) is 0. The lowest BCUT2D eigenvalue weighted by Gasteiger charge is -2.24. The molecule has 0 aromatic heterocycles. The number of benzene rings is 1. The van der Waals surface area contributed by atoms with Gasteiger partial charge in [-0.2, -0.15) is 0 Å². The summed E-state index contributed by atoms with van der Waals surface area (Å²) in [6.07, 6.45) is 2.53. The summed E-state index contributed by atoms with van der Waals surface area (Å²) in [7, 11) is 0. The summed E-state index contributed by atoms with van der Waals surface area (Å²) < 4.78 is 0. The summed E-state index contributed by atoms with van der Waals surface area (Å²) in [4.78, 5) is 0. The minimum Gasteiger partial charge on any atom is -0.0558 e. The first-order chi connectivity index (χ1) is 8.87. The first-order valence-corrected chi connectivity index (χ1v) is 8.07. The molecule has 0 nitrogen and oxygen atoms in total. The summed E-state index contributed by atoms with van der Waals surface area (Å²) in [5.74, 6) is 0. The van der Waals surface area contributed by atoms with Crippen LogP contribution in [0.4, 0.5) is 0 Å². The molecule has 0 heteroatoms. The topological polar surface area (TPSA) is 0 Å². The minimum absolute atomic E-state index is 0.316. The van der Waals surface area contributed by atoms with Crippen LogP contribution in [0.1, 0.15) is 90.5 Å². The van der Waals surface area contributed by atoms with Crippen LogP contribution in [0.2, 0.25) is 0 Å². The fraction of sp³-hybridized carbons (Fsp3) is 0.700. The molecule has 0 saturated heterocycles. The summed E-state index contributed by atoms with van der Waals surface area (Å²) in [5.41, 5.74) is 7.68. The van der Waals surface area contributed by atoms with Gasteiger partial charge >= 0.3 is 0 Å². The number of rotatable bonds is 0. The SMILES string of the molecule is CC1(C)CC(C)(C)c2cc3c(cc21)C(C)(C)CC3(C)C. The zero-order valence-corrected chi connectivity index (χ0v) is 14.6. The van der Waals surface area contributed by atoms with E-state index in [1.54, 1.807) is 22.3 Å². The second-order valence-corrected chi connectivity index (χ2v) is 9.83. The van der Waals surface area contributed by atoms with E-state index < -0.39 is 0 Å². The van der Waals surface area contributed by atoms with Crippen LogP contribution in [0.5, 0.6) is 0 Å². The monoisotopic (exact) mass is 270 g/mol. The quantitative estimate of drug-likeness (QED) is 0.575. The van der Waals surface area contributed by atoms with E-state index in [0.717, 1.165) is 0 Å². The van der Waals surface area contributed by atoms with E-state index in [-0.39, 0.29) is 0 Å². The molecule has 0 spiro atoms. The van der Waals surface area contributed by atoms with E-state index >= 15 is 0 Å². The molecule has 2 aliphatic carbocycles. The highest BCUT2D eigenvalue weighted by Gasteiger charge is 2.47. The van der Waals surface area contributed by atoms with Gasteiger partial charge in [0.25, 0.3) is 0 Å². The van der Waals surface area contributed by atoms with Crippen LogP contribution in [0.15, 0.2) is 12.1 Å². The van der Waals surface area contributed by atoms with E-state index in [0.29, 0.717) is 21.7 Å². The molecule has 3 rings (SSSR count). The normalized spacial score (nSPS) is 27.2. The van der Waals surface area contributed by atoms with E-state index in [1.165, 1.54) is 12.8 Å². The van der Waals surface area contributed by atoms with Gasteiger partial charge in [0.15, 0.2) is 0 Å². The number of fused-ring (bicyclic) bond motifs is 2. The Morgan fingerprint density at radius 2 is 0.700 bits per heavy atom. The van der Waals surface area contributed by atoms with Gasteiger partial charge in [0, 0.05) is 0 Å².